The fraction of sp³-hybridized carbons (Fsp3) is 0.150. The summed E-state index contributed by atoms with van der Waals surface area (Å²) in [6, 6.07) is 11.3. The molecule has 3 aromatic rings. The molecule has 0 aliphatic rings. The molecule has 3 rings (SSSR count). The summed E-state index contributed by atoms with van der Waals surface area (Å²) in [5.41, 5.74) is 0.769. The lowest BCUT2D eigenvalue weighted by Crippen LogP contribution is -2.09. The van der Waals surface area contributed by atoms with Gasteiger partial charge in [0.1, 0.15) is 12.1 Å². The highest BCUT2D eigenvalue weighted by Gasteiger charge is 2.26. The number of anilines is 2. The average Bonchev–Trinajstić information content (AvgIpc) is 2.71. The highest BCUT2D eigenvalue weighted by molar-refractivity contribution is 6.31. The third-order valence-corrected chi connectivity index (χ3v) is 4.41. The number of hydrogen-bond donors (Lipinski definition) is 1. The highest BCUT2D eigenvalue weighted by atomic mass is 35.5. The van der Waals surface area contributed by atoms with Crippen LogP contribution in [0.25, 0.3) is 0 Å². The summed E-state index contributed by atoms with van der Waals surface area (Å²) in [6.07, 6.45) is 1.13. The van der Waals surface area contributed by atoms with Gasteiger partial charge in [0, 0.05) is 5.02 Å². The minimum absolute atomic E-state index is 0.132. The van der Waals surface area contributed by atoms with Crippen LogP contribution in [0.3, 0.4) is 0 Å². The molecule has 2 aromatic carbocycles. The Labute approximate surface area is 176 Å². The number of hydrogen-bond acceptors (Lipinski definition) is 8. The summed E-state index contributed by atoms with van der Waals surface area (Å²) in [5.74, 6) is -0.623. The number of carbonyl (C=O) groups excluding carboxylic acids is 1. The van der Waals surface area contributed by atoms with Crippen LogP contribution in [0.4, 0.5) is 17.2 Å². The first-order valence-electron chi connectivity index (χ1n) is 8.87. The monoisotopic (exact) mass is 428 g/mol. The van der Waals surface area contributed by atoms with Gasteiger partial charge in [0.2, 0.25) is 5.82 Å². The van der Waals surface area contributed by atoms with Crippen LogP contribution in [-0.2, 0) is 4.74 Å². The largest absolute Gasteiger partial charge is 0.462 e. The standard InChI is InChI=1S/C20H17ClN4O5/c1-3-29-20(26)14-6-4-5-7-16(14)24-18-17(25(27)28)19(23-11-22-18)30-13-8-9-15(21)12(2)10-13/h4-11H,3H2,1-2H3,(H,22,23,24). The Morgan fingerprint density at radius 1 is 1.23 bits per heavy atom. The van der Waals surface area contributed by atoms with E-state index < -0.39 is 16.6 Å². The second-order valence-corrected chi connectivity index (χ2v) is 6.44. The van der Waals surface area contributed by atoms with Crippen LogP contribution in [0.2, 0.25) is 5.02 Å². The van der Waals surface area contributed by atoms with E-state index in [0.29, 0.717) is 16.5 Å². The van der Waals surface area contributed by atoms with Gasteiger partial charge in [-0.15, -0.1) is 0 Å². The van der Waals surface area contributed by atoms with E-state index in [1.54, 1.807) is 56.3 Å². The first-order chi connectivity index (χ1) is 14.4. The van der Waals surface area contributed by atoms with Crippen molar-refractivity contribution in [1.82, 2.24) is 9.97 Å². The Kier molecular flexibility index (Phi) is 6.43. The number of aromatic nitrogens is 2. The predicted octanol–water partition coefficient (Wildman–Crippen LogP) is 5.06. The van der Waals surface area contributed by atoms with Crippen LogP contribution < -0.4 is 10.1 Å². The van der Waals surface area contributed by atoms with Crippen LogP contribution in [0.5, 0.6) is 11.6 Å². The Morgan fingerprint density at radius 3 is 2.70 bits per heavy atom. The number of para-hydroxylation sites is 1. The molecule has 1 heterocycles. The minimum Gasteiger partial charge on any atom is -0.462 e. The van der Waals surface area contributed by atoms with Crippen molar-refractivity contribution in [3.05, 3.63) is 75.1 Å². The van der Waals surface area contributed by atoms with Crippen molar-refractivity contribution in [3.8, 4) is 11.6 Å². The van der Waals surface area contributed by atoms with E-state index in [0.717, 1.165) is 11.9 Å². The van der Waals surface area contributed by atoms with E-state index in [1.807, 2.05) is 0 Å². The fourth-order valence-corrected chi connectivity index (χ4v) is 2.71. The number of nitrogens with zero attached hydrogens (tertiary/aromatic N) is 3. The van der Waals surface area contributed by atoms with Gasteiger partial charge in [-0.3, -0.25) is 10.1 Å². The van der Waals surface area contributed by atoms with Gasteiger partial charge in [0.15, 0.2) is 0 Å². The van der Waals surface area contributed by atoms with Gasteiger partial charge in [0.05, 0.1) is 22.8 Å². The van der Waals surface area contributed by atoms with E-state index in [4.69, 9.17) is 21.1 Å². The molecular formula is C20H17ClN4O5. The van der Waals surface area contributed by atoms with Crippen molar-refractivity contribution in [3.63, 3.8) is 0 Å². The first-order valence-corrected chi connectivity index (χ1v) is 9.25. The maximum absolute atomic E-state index is 12.2. The number of carbonyl (C=O) groups is 1. The zero-order chi connectivity index (χ0) is 21.7. The van der Waals surface area contributed by atoms with Crippen molar-refractivity contribution < 1.29 is 19.2 Å². The Bertz CT molecular complexity index is 1110. The van der Waals surface area contributed by atoms with Gasteiger partial charge < -0.3 is 14.8 Å². The first kappa shape index (κ1) is 21.0. The zero-order valence-corrected chi connectivity index (χ0v) is 16.8. The number of rotatable bonds is 7. The normalized spacial score (nSPS) is 10.4. The molecular weight excluding hydrogens is 412 g/mol. The molecule has 0 spiro atoms. The summed E-state index contributed by atoms with van der Waals surface area (Å²) in [4.78, 5) is 31.1. The number of nitro groups is 1. The van der Waals surface area contributed by atoms with E-state index in [-0.39, 0.29) is 23.9 Å². The maximum Gasteiger partial charge on any atom is 0.373 e. The molecule has 0 atom stereocenters. The van der Waals surface area contributed by atoms with Crippen molar-refractivity contribution in [1.29, 1.82) is 0 Å². The summed E-state index contributed by atoms with van der Waals surface area (Å²) in [7, 11) is 0. The van der Waals surface area contributed by atoms with E-state index in [1.165, 1.54) is 0 Å². The fourth-order valence-electron chi connectivity index (χ4n) is 2.59. The topological polar surface area (TPSA) is 116 Å². The van der Waals surface area contributed by atoms with Crippen LogP contribution in [0.1, 0.15) is 22.8 Å². The molecule has 30 heavy (non-hydrogen) atoms. The second kappa shape index (κ2) is 9.19. The lowest BCUT2D eigenvalue weighted by Gasteiger charge is -2.12. The SMILES string of the molecule is CCOC(=O)c1ccccc1Nc1ncnc(Oc2ccc(Cl)c(C)c2)c1[N+](=O)[O-]. The Morgan fingerprint density at radius 2 is 2.00 bits per heavy atom. The van der Waals surface area contributed by atoms with Crippen LogP contribution in [-0.4, -0.2) is 27.5 Å². The van der Waals surface area contributed by atoms with Gasteiger partial charge >= 0.3 is 17.5 Å². The summed E-state index contributed by atoms with van der Waals surface area (Å²) in [6.45, 7) is 3.66. The molecule has 0 aliphatic heterocycles. The molecule has 0 radical (unpaired) electrons. The average molecular weight is 429 g/mol. The van der Waals surface area contributed by atoms with E-state index in [9.17, 15) is 14.9 Å². The van der Waals surface area contributed by atoms with Crippen LogP contribution >= 0.6 is 11.6 Å². The second-order valence-electron chi connectivity index (χ2n) is 6.04. The smallest absolute Gasteiger partial charge is 0.373 e. The summed E-state index contributed by atoms with van der Waals surface area (Å²) < 4.78 is 10.6. The molecule has 9 nitrogen and oxygen atoms in total. The number of aryl methyl sites for hydroxylation is 1. The maximum atomic E-state index is 12.2. The van der Waals surface area contributed by atoms with Gasteiger partial charge in [0.25, 0.3) is 0 Å². The van der Waals surface area contributed by atoms with Gasteiger partial charge in [-0.2, -0.15) is 4.98 Å². The lowest BCUT2D eigenvalue weighted by molar-refractivity contribution is -0.385. The molecule has 0 saturated carbocycles. The third kappa shape index (κ3) is 4.64. The predicted molar refractivity (Wildman–Crippen MR) is 111 cm³/mol. The van der Waals surface area contributed by atoms with Crippen molar-refractivity contribution in [2.75, 3.05) is 11.9 Å². The Balaban J connectivity index is 1.99. The summed E-state index contributed by atoms with van der Waals surface area (Å²) >= 11 is 6.01. The quantitative estimate of drug-likeness (QED) is 0.315. The van der Waals surface area contributed by atoms with E-state index >= 15 is 0 Å². The molecule has 154 valence electrons. The summed E-state index contributed by atoms with van der Waals surface area (Å²) in [5, 5.41) is 15.1. The van der Waals surface area contributed by atoms with Crippen molar-refractivity contribution in [2.24, 2.45) is 0 Å². The van der Waals surface area contributed by atoms with Crippen molar-refractivity contribution >= 4 is 34.8 Å². The number of ether oxygens (including phenoxy) is 2. The lowest BCUT2D eigenvalue weighted by atomic mass is 10.2. The molecule has 0 unspecified atom stereocenters. The number of benzene rings is 2. The number of nitrogens with one attached hydrogen (secondary N) is 1. The molecule has 10 heteroatoms. The van der Waals surface area contributed by atoms with Crippen LogP contribution in [0, 0.1) is 17.0 Å². The zero-order valence-electron chi connectivity index (χ0n) is 16.1. The molecule has 1 N–H and O–H groups in total. The number of halogens is 1. The van der Waals surface area contributed by atoms with E-state index in [2.05, 4.69) is 15.3 Å². The van der Waals surface area contributed by atoms with Gasteiger partial charge in [-0.1, -0.05) is 23.7 Å². The highest BCUT2D eigenvalue weighted by Crippen LogP contribution is 2.36. The van der Waals surface area contributed by atoms with Gasteiger partial charge in [-0.25, -0.2) is 9.78 Å². The molecule has 1 aromatic heterocycles. The van der Waals surface area contributed by atoms with Crippen molar-refractivity contribution in [2.45, 2.75) is 13.8 Å². The minimum atomic E-state index is -0.659. The van der Waals surface area contributed by atoms with Crippen LogP contribution in [0.15, 0.2) is 48.8 Å². The molecule has 0 bridgehead atoms. The number of esters is 1. The Hall–Kier alpha value is -3.72. The molecule has 0 saturated heterocycles. The third-order valence-electron chi connectivity index (χ3n) is 3.99. The molecule has 0 aliphatic carbocycles. The molecule has 0 fully saturated rings. The van der Waals surface area contributed by atoms with Gasteiger partial charge in [-0.05, 0) is 49.7 Å². The molecule has 0 amide bonds.